The Morgan fingerprint density at radius 3 is 2.03 bits per heavy atom. The van der Waals surface area contributed by atoms with E-state index in [4.69, 9.17) is 24.7 Å². The molecular weight excluding hydrogens is 400 g/mol. The number of unbranched alkanes of at least 4 members (excludes halogenated alkanes) is 1. The van der Waals surface area contributed by atoms with Crippen molar-refractivity contribution in [1.82, 2.24) is 0 Å². The summed E-state index contributed by atoms with van der Waals surface area (Å²) in [6.07, 6.45) is 2.84. The van der Waals surface area contributed by atoms with Crippen LogP contribution in [-0.2, 0) is 24.3 Å². The first kappa shape index (κ1) is 29.0. The van der Waals surface area contributed by atoms with Crippen molar-refractivity contribution < 1.29 is 34.2 Å². The van der Waals surface area contributed by atoms with E-state index in [2.05, 4.69) is 0 Å². The maximum absolute atomic E-state index is 11.5. The number of carboxylic acid groups (broad SMARTS) is 1. The highest BCUT2D eigenvalue weighted by molar-refractivity contribution is 5.88. The average Bonchev–Trinajstić information content (AvgIpc) is 2.71. The summed E-state index contributed by atoms with van der Waals surface area (Å²) < 4.78 is 0. The Bertz CT molecular complexity index is 635. The van der Waals surface area contributed by atoms with Gasteiger partial charge in [-0.25, -0.2) is 14.6 Å². The molecule has 0 heterocycles. The molecule has 2 atom stereocenters. The number of hydrogen-bond donors (Lipinski definition) is 1. The van der Waals surface area contributed by atoms with Crippen LogP contribution >= 0.6 is 0 Å². The van der Waals surface area contributed by atoms with Crippen molar-refractivity contribution in [2.24, 2.45) is 5.92 Å². The molecule has 31 heavy (non-hydrogen) atoms. The van der Waals surface area contributed by atoms with Crippen molar-refractivity contribution in [2.45, 2.75) is 98.4 Å². The zero-order valence-corrected chi connectivity index (χ0v) is 20.3. The highest BCUT2D eigenvalue weighted by Gasteiger charge is 2.27. The van der Waals surface area contributed by atoms with Crippen LogP contribution in [0.15, 0.2) is 30.3 Å². The monoisotopic (exact) mass is 440 g/mol. The van der Waals surface area contributed by atoms with Gasteiger partial charge in [-0.2, -0.15) is 4.89 Å². The molecule has 178 valence electrons. The number of carboxylic acids is 1. The van der Waals surface area contributed by atoms with E-state index in [1.54, 1.807) is 31.2 Å². The van der Waals surface area contributed by atoms with Crippen LogP contribution < -0.4 is 0 Å². The number of benzene rings is 1. The Hall–Kier alpha value is -1.96. The van der Waals surface area contributed by atoms with Gasteiger partial charge in [0.1, 0.15) is 11.7 Å². The first-order valence-electron chi connectivity index (χ1n) is 10.8. The van der Waals surface area contributed by atoms with Gasteiger partial charge in [-0.3, -0.25) is 9.68 Å². The van der Waals surface area contributed by atoms with Crippen molar-refractivity contribution in [3.8, 4) is 0 Å². The second-order valence-electron chi connectivity index (χ2n) is 9.02. The highest BCUT2D eigenvalue weighted by atomic mass is 17.2. The summed E-state index contributed by atoms with van der Waals surface area (Å²) in [4.78, 5) is 42.6. The summed E-state index contributed by atoms with van der Waals surface area (Å²) in [5, 5.41) is 9.06. The van der Waals surface area contributed by atoms with E-state index in [1.165, 1.54) is 0 Å². The van der Waals surface area contributed by atoms with Crippen molar-refractivity contribution >= 4 is 11.9 Å². The Morgan fingerprint density at radius 2 is 1.58 bits per heavy atom. The first-order chi connectivity index (χ1) is 14.3. The molecule has 0 aliphatic heterocycles. The van der Waals surface area contributed by atoms with Gasteiger partial charge in [0.05, 0.1) is 17.1 Å². The molecule has 0 fully saturated rings. The summed E-state index contributed by atoms with van der Waals surface area (Å²) >= 11 is 0. The number of hydrogen-bond acceptors (Lipinski definition) is 6. The van der Waals surface area contributed by atoms with Crippen LogP contribution in [0.2, 0.25) is 0 Å². The normalized spacial score (nSPS) is 13.5. The fourth-order valence-electron chi connectivity index (χ4n) is 2.10. The van der Waals surface area contributed by atoms with Crippen LogP contribution in [0, 0.1) is 5.92 Å². The number of aliphatic carboxylic acids is 1. The third kappa shape index (κ3) is 13.9. The van der Waals surface area contributed by atoms with Crippen LogP contribution in [0.5, 0.6) is 0 Å². The molecule has 0 aliphatic carbocycles. The van der Waals surface area contributed by atoms with Gasteiger partial charge in [0.25, 0.3) is 0 Å². The first-order valence-corrected chi connectivity index (χ1v) is 10.8. The molecule has 0 saturated heterocycles. The van der Waals surface area contributed by atoms with Crippen LogP contribution in [0.25, 0.3) is 0 Å². The molecule has 7 nitrogen and oxygen atoms in total. The predicted octanol–water partition coefficient (Wildman–Crippen LogP) is 5.98. The van der Waals surface area contributed by atoms with E-state index >= 15 is 0 Å². The average molecular weight is 441 g/mol. The summed E-state index contributed by atoms with van der Waals surface area (Å²) in [6, 6.07) is 8.77. The molecule has 1 N–H and O–H groups in total. The van der Waals surface area contributed by atoms with Gasteiger partial charge >= 0.3 is 11.9 Å². The Balaban J connectivity index is 0.000000581. The van der Waals surface area contributed by atoms with Crippen molar-refractivity contribution in [2.75, 3.05) is 0 Å². The van der Waals surface area contributed by atoms with E-state index < -0.39 is 35.2 Å². The third-order valence-electron chi connectivity index (χ3n) is 4.41. The Morgan fingerprint density at radius 1 is 1.00 bits per heavy atom. The van der Waals surface area contributed by atoms with Gasteiger partial charge < -0.3 is 5.11 Å². The summed E-state index contributed by atoms with van der Waals surface area (Å²) in [7, 11) is 0. The third-order valence-corrected chi connectivity index (χ3v) is 4.41. The predicted molar refractivity (Wildman–Crippen MR) is 119 cm³/mol. The molecule has 0 bridgehead atoms. The summed E-state index contributed by atoms with van der Waals surface area (Å²) in [5.74, 6) is -1.78. The van der Waals surface area contributed by atoms with E-state index in [0.29, 0.717) is 12.0 Å². The van der Waals surface area contributed by atoms with Crippen molar-refractivity contribution in [3.05, 3.63) is 35.9 Å². The van der Waals surface area contributed by atoms with E-state index in [9.17, 15) is 9.59 Å². The molecule has 0 spiro atoms. The lowest BCUT2D eigenvalue weighted by Gasteiger charge is -2.24. The van der Waals surface area contributed by atoms with Crippen LogP contribution in [0.4, 0.5) is 0 Å². The molecule has 0 radical (unpaired) electrons. The minimum Gasteiger partial charge on any atom is -0.481 e. The fourth-order valence-corrected chi connectivity index (χ4v) is 2.10. The van der Waals surface area contributed by atoms with E-state index in [0.717, 1.165) is 19.3 Å². The molecular formula is C24H40O7. The number of carbonyl (C=O) groups excluding carboxylic acids is 1. The lowest BCUT2D eigenvalue weighted by molar-refractivity contribution is -0.376. The van der Waals surface area contributed by atoms with Gasteiger partial charge in [-0.15, -0.1) is 0 Å². The van der Waals surface area contributed by atoms with Gasteiger partial charge in [0.15, 0.2) is 0 Å². The topological polar surface area (TPSA) is 91.3 Å². The molecule has 7 heteroatoms. The minimum atomic E-state index is -0.821. The summed E-state index contributed by atoms with van der Waals surface area (Å²) in [5.41, 5.74) is -0.364. The van der Waals surface area contributed by atoms with Crippen LogP contribution in [0.1, 0.15) is 91.4 Å². The fraction of sp³-hybridized carbons (Fsp3) is 0.667. The largest absolute Gasteiger partial charge is 0.481 e. The molecule has 1 rings (SSSR count). The maximum atomic E-state index is 11.5. The van der Waals surface area contributed by atoms with Gasteiger partial charge in [-0.1, -0.05) is 44.9 Å². The maximum Gasteiger partial charge on any atom is 0.373 e. The van der Waals surface area contributed by atoms with Crippen LogP contribution in [0.3, 0.4) is 0 Å². The van der Waals surface area contributed by atoms with E-state index in [1.807, 2.05) is 54.5 Å². The smallest absolute Gasteiger partial charge is 0.373 e. The Labute approximate surface area is 186 Å². The quantitative estimate of drug-likeness (QED) is 0.334. The zero-order chi connectivity index (χ0) is 24.1. The zero-order valence-electron chi connectivity index (χ0n) is 20.3. The Kier molecular flexibility index (Phi) is 13.3. The summed E-state index contributed by atoms with van der Waals surface area (Å²) in [6.45, 7) is 15.1. The minimum absolute atomic E-state index is 0.415. The van der Waals surface area contributed by atoms with Gasteiger partial charge in [0, 0.05) is 0 Å². The van der Waals surface area contributed by atoms with Crippen molar-refractivity contribution in [1.29, 1.82) is 0 Å². The van der Waals surface area contributed by atoms with Crippen molar-refractivity contribution in [3.63, 3.8) is 0 Å². The molecule has 0 saturated carbocycles. The molecule has 0 aromatic heterocycles. The lowest BCUT2D eigenvalue weighted by Crippen LogP contribution is -2.31. The lowest BCUT2D eigenvalue weighted by atomic mass is 9.97. The molecule has 0 amide bonds. The molecule has 1 aromatic rings. The standard InChI is InChI=1S/C12H24O4.C12H16O3/c1-6-7-8-10(11(13)14)9(2)15-16-12(3,4)5;1-4-12(2,3)15-14-11(13)10-8-6-5-7-9-10/h9-10H,6-8H2,1-5H3,(H,13,14);5-9H,4H2,1-3H3. The second kappa shape index (κ2) is 14.2. The van der Waals surface area contributed by atoms with Gasteiger partial charge in [0.2, 0.25) is 0 Å². The highest BCUT2D eigenvalue weighted by Crippen LogP contribution is 2.19. The SMILES string of the molecule is CCC(C)(C)OOC(=O)c1ccccc1.CCCCC(C(=O)O)C(C)OOC(C)(C)C. The van der Waals surface area contributed by atoms with Gasteiger partial charge in [-0.05, 0) is 66.5 Å². The second-order valence-corrected chi connectivity index (χ2v) is 9.02. The van der Waals surface area contributed by atoms with E-state index in [-0.39, 0.29) is 0 Å². The molecule has 1 aromatic carbocycles. The van der Waals surface area contributed by atoms with Crippen LogP contribution in [-0.4, -0.2) is 34.4 Å². The molecule has 0 aliphatic rings. The number of carbonyl (C=O) groups is 2. The molecule has 2 unspecified atom stereocenters. The number of rotatable bonds is 11.